The first-order chi connectivity index (χ1) is 14.4. The number of amides is 1. The molecule has 1 atom stereocenters. The number of hydrogen-bond acceptors (Lipinski definition) is 4. The van der Waals surface area contributed by atoms with Crippen molar-refractivity contribution in [2.75, 3.05) is 51.2 Å². The number of aryl methyl sites for hydroxylation is 1. The number of hydrogen-bond donors (Lipinski definition) is 3. The first-order valence-corrected chi connectivity index (χ1v) is 11.2. The van der Waals surface area contributed by atoms with E-state index in [2.05, 4.69) is 39.7 Å². The summed E-state index contributed by atoms with van der Waals surface area (Å²) in [6, 6.07) is 5.58. The van der Waals surface area contributed by atoms with Crippen molar-refractivity contribution in [1.82, 2.24) is 15.5 Å². The average molecular weight is 438 g/mol. The minimum atomic E-state index is -0.0935. The second-order valence-electron chi connectivity index (χ2n) is 8.07. The third kappa shape index (κ3) is 8.90. The lowest BCUT2D eigenvalue weighted by Crippen LogP contribution is -2.46. The molecule has 1 saturated heterocycles. The summed E-state index contributed by atoms with van der Waals surface area (Å²) in [5.74, 6) is 1.25. The van der Waals surface area contributed by atoms with Crippen LogP contribution in [0.3, 0.4) is 0 Å². The van der Waals surface area contributed by atoms with Crippen LogP contribution < -0.4 is 16.0 Å². The molecule has 0 radical (unpaired) electrons. The van der Waals surface area contributed by atoms with Crippen molar-refractivity contribution in [2.45, 2.75) is 40.2 Å². The Labute approximate surface area is 185 Å². The number of ether oxygens (including phenoxy) is 1. The molecule has 0 bridgehead atoms. The molecular formula is C22H36ClN5O2. The maximum Gasteiger partial charge on any atom is 0.226 e. The summed E-state index contributed by atoms with van der Waals surface area (Å²) in [6.07, 6.45) is 0.413. The molecule has 7 nitrogen and oxygen atoms in total. The lowest BCUT2D eigenvalue weighted by molar-refractivity contribution is -0.116. The molecule has 1 aliphatic heterocycles. The number of benzene rings is 1. The van der Waals surface area contributed by atoms with E-state index in [-0.39, 0.29) is 12.0 Å². The smallest absolute Gasteiger partial charge is 0.226 e. The van der Waals surface area contributed by atoms with Crippen LogP contribution in [-0.4, -0.2) is 68.7 Å². The summed E-state index contributed by atoms with van der Waals surface area (Å²) in [5.41, 5.74) is 1.69. The van der Waals surface area contributed by atoms with Gasteiger partial charge in [0.2, 0.25) is 5.91 Å². The summed E-state index contributed by atoms with van der Waals surface area (Å²) in [4.78, 5) is 19.3. The Balaban J connectivity index is 1.78. The first kappa shape index (κ1) is 24.4. The van der Waals surface area contributed by atoms with E-state index in [9.17, 15) is 4.79 Å². The molecule has 2 rings (SSSR count). The molecule has 1 aliphatic rings. The molecule has 1 unspecified atom stereocenters. The highest BCUT2D eigenvalue weighted by atomic mass is 35.5. The predicted molar refractivity (Wildman–Crippen MR) is 124 cm³/mol. The van der Waals surface area contributed by atoms with Crippen LogP contribution in [0.2, 0.25) is 5.02 Å². The van der Waals surface area contributed by atoms with Gasteiger partial charge in [-0.1, -0.05) is 31.5 Å². The van der Waals surface area contributed by atoms with Gasteiger partial charge >= 0.3 is 0 Å². The molecule has 0 aliphatic carbocycles. The summed E-state index contributed by atoms with van der Waals surface area (Å²) in [6.45, 7) is 14.0. The highest BCUT2D eigenvalue weighted by molar-refractivity contribution is 6.33. The maximum absolute atomic E-state index is 12.2. The second kappa shape index (κ2) is 12.8. The van der Waals surface area contributed by atoms with Gasteiger partial charge in [0.15, 0.2) is 5.96 Å². The fourth-order valence-corrected chi connectivity index (χ4v) is 3.62. The van der Waals surface area contributed by atoms with Crippen molar-refractivity contribution in [2.24, 2.45) is 10.9 Å². The molecule has 0 aromatic heterocycles. The highest BCUT2D eigenvalue weighted by Gasteiger charge is 2.20. The zero-order chi connectivity index (χ0) is 21.9. The zero-order valence-corrected chi connectivity index (χ0v) is 19.4. The Hall–Kier alpha value is -1.83. The van der Waals surface area contributed by atoms with E-state index in [1.807, 2.05) is 32.0 Å². The predicted octanol–water partition coefficient (Wildman–Crippen LogP) is 2.89. The largest absolute Gasteiger partial charge is 0.374 e. The lowest BCUT2D eigenvalue weighted by atomic mass is 10.2. The minimum Gasteiger partial charge on any atom is -0.374 e. The topological polar surface area (TPSA) is 78.0 Å². The van der Waals surface area contributed by atoms with E-state index in [0.29, 0.717) is 42.1 Å². The van der Waals surface area contributed by atoms with E-state index in [1.54, 1.807) is 0 Å². The summed E-state index contributed by atoms with van der Waals surface area (Å²) >= 11 is 6.18. The van der Waals surface area contributed by atoms with Crippen molar-refractivity contribution in [1.29, 1.82) is 0 Å². The van der Waals surface area contributed by atoms with Gasteiger partial charge in [-0.2, -0.15) is 0 Å². The van der Waals surface area contributed by atoms with E-state index in [0.717, 1.165) is 38.3 Å². The van der Waals surface area contributed by atoms with Crippen molar-refractivity contribution in [3.8, 4) is 0 Å². The molecular weight excluding hydrogens is 402 g/mol. The summed E-state index contributed by atoms with van der Waals surface area (Å²) < 4.78 is 5.87. The lowest BCUT2D eigenvalue weighted by Gasteiger charge is -2.33. The number of halogens is 1. The molecule has 30 heavy (non-hydrogen) atoms. The number of aliphatic imine (C=N–C) groups is 1. The van der Waals surface area contributed by atoms with Gasteiger partial charge < -0.3 is 20.7 Å². The molecule has 1 heterocycles. The molecule has 0 spiro atoms. The van der Waals surface area contributed by atoms with Crippen LogP contribution in [0.15, 0.2) is 23.2 Å². The highest BCUT2D eigenvalue weighted by Crippen LogP contribution is 2.22. The van der Waals surface area contributed by atoms with Crippen LogP contribution in [0, 0.1) is 12.8 Å². The number of anilines is 1. The van der Waals surface area contributed by atoms with E-state index < -0.39 is 0 Å². The molecule has 1 aromatic carbocycles. The third-order valence-corrected chi connectivity index (χ3v) is 5.00. The van der Waals surface area contributed by atoms with Gasteiger partial charge in [-0.05, 0) is 37.5 Å². The fourth-order valence-electron chi connectivity index (χ4n) is 3.34. The Morgan fingerprint density at radius 1 is 1.37 bits per heavy atom. The molecule has 1 aromatic rings. The number of carbonyl (C=O) groups is 1. The van der Waals surface area contributed by atoms with Gasteiger partial charge in [0.1, 0.15) is 0 Å². The molecule has 3 N–H and O–H groups in total. The van der Waals surface area contributed by atoms with Crippen molar-refractivity contribution in [3.05, 3.63) is 28.8 Å². The standard InChI is InChI=1S/C22H36ClN5O2/c1-5-24-22(26-13-18-15-28(10-11-30-18)14-16(2)3)25-9-8-21(29)27-20-7-6-17(4)12-19(20)23/h6-7,12,16,18H,5,8-11,13-15H2,1-4H3,(H,27,29)(H2,24,25,26). The summed E-state index contributed by atoms with van der Waals surface area (Å²) in [5, 5.41) is 9.84. The molecule has 8 heteroatoms. The molecule has 1 amide bonds. The SMILES string of the molecule is CCNC(=NCC1CN(CC(C)C)CCO1)NCCC(=O)Nc1ccc(C)cc1Cl. The molecule has 0 saturated carbocycles. The number of carbonyl (C=O) groups excluding carboxylic acids is 1. The van der Waals surface area contributed by atoms with Crippen LogP contribution >= 0.6 is 11.6 Å². The number of nitrogens with zero attached hydrogens (tertiary/aromatic N) is 2. The number of guanidine groups is 1. The van der Waals surface area contributed by atoms with E-state index in [1.165, 1.54) is 0 Å². The Morgan fingerprint density at radius 2 is 2.17 bits per heavy atom. The van der Waals surface area contributed by atoms with Crippen molar-refractivity contribution in [3.63, 3.8) is 0 Å². The van der Waals surface area contributed by atoms with Crippen LogP contribution in [0.1, 0.15) is 32.8 Å². The van der Waals surface area contributed by atoms with Gasteiger partial charge in [-0.3, -0.25) is 14.7 Å². The van der Waals surface area contributed by atoms with Gasteiger partial charge in [0.25, 0.3) is 0 Å². The van der Waals surface area contributed by atoms with Crippen LogP contribution in [-0.2, 0) is 9.53 Å². The Morgan fingerprint density at radius 3 is 2.87 bits per heavy atom. The second-order valence-corrected chi connectivity index (χ2v) is 8.48. The molecule has 1 fully saturated rings. The number of rotatable bonds is 9. The van der Waals surface area contributed by atoms with Gasteiger partial charge in [-0.15, -0.1) is 0 Å². The number of morpholine rings is 1. The first-order valence-electron chi connectivity index (χ1n) is 10.8. The minimum absolute atomic E-state index is 0.0935. The van der Waals surface area contributed by atoms with Crippen LogP contribution in [0.5, 0.6) is 0 Å². The van der Waals surface area contributed by atoms with E-state index in [4.69, 9.17) is 16.3 Å². The van der Waals surface area contributed by atoms with Crippen molar-refractivity contribution < 1.29 is 9.53 Å². The monoisotopic (exact) mass is 437 g/mol. The number of nitrogens with one attached hydrogen (secondary N) is 3. The van der Waals surface area contributed by atoms with Crippen LogP contribution in [0.25, 0.3) is 0 Å². The zero-order valence-electron chi connectivity index (χ0n) is 18.6. The fraction of sp³-hybridized carbons (Fsp3) is 0.636. The van der Waals surface area contributed by atoms with Gasteiger partial charge in [0, 0.05) is 39.1 Å². The normalized spacial score (nSPS) is 17.8. The summed E-state index contributed by atoms with van der Waals surface area (Å²) in [7, 11) is 0. The quantitative estimate of drug-likeness (QED) is 0.409. The maximum atomic E-state index is 12.2. The van der Waals surface area contributed by atoms with Gasteiger partial charge in [0.05, 0.1) is 30.0 Å². The Kier molecular flexibility index (Phi) is 10.4. The Bertz CT molecular complexity index is 711. The average Bonchev–Trinajstić information content (AvgIpc) is 2.68. The molecule has 168 valence electrons. The van der Waals surface area contributed by atoms with E-state index >= 15 is 0 Å². The van der Waals surface area contributed by atoms with Crippen molar-refractivity contribution >= 4 is 29.2 Å². The van der Waals surface area contributed by atoms with Crippen LogP contribution in [0.4, 0.5) is 5.69 Å². The third-order valence-electron chi connectivity index (χ3n) is 4.69. The van der Waals surface area contributed by atoms with Gasteiger partial charge in [-0.25, -0.2) is 0 Å².